The van der Waals surface area contributed by atoms with Gasteiger partial charge in [0.2, 0.25) is 0 Å². The maximum absolute atomic E-state index is 12.7. The van der Waals surface area contributed by atoms with Gasteiger partial charge in [-0.25, -0.2) is 0 Å². The van der Waals surface area contributed by atoms with Gasteiger partial charge < -0.3 is 4.90 Å². The molecule has 0 N–H and O–H groups in total. The van der Waals surface area contributed by atoms with Gasteiger partial charge in [0.15, 0.2) is 0 Å². The van der Waals surface area contributed by atoms with Crippen LogP contribution in [0.25, 0.3) is 0 Å². The van der Waals surface area contributed by atoms with Gasteiger partial charge in [0.05, 0.1) is 0 Å². The molecule has 0 radical (unpaired) electrons. The molecule has 0 aliphatic heterocycles. The standard InChI is InChI=1S/C43H83NO/c1-5-7-9-11-13-15-17-19-21-23-25-27-29-31-33-35-38-42(41-43(45)39-36-40-44(3)4)37-34-32-30-28-26-24-22-20-18-16-14-12-10-8-6-2/h12,14,18,20,42H,5-11,13,15-17,19,21-41H2,1-4H3/b14-12-,20-18-. The summed E-state index contributed by atoms with van der Waals surface area (Å²) in [5, 5.41) is 0. The number of ketones is 1. The molecular formula is C43H83NO. The van der Waals surface area contributed by atoms with Gasteiger partial charge in [0, 0.05) is 12.8 Å². The zero-order chi connectivity index (χ0) is 32.9. The first-order valence-corrected chi connectivity index (χ1v) is 20.6. The summed E-state index contributed by atoms with van der Waals surface area (Å²) >= 11 is 0. The van der Waals surface area contributed by atoms with E-state index < -0.39 is 0 Å². The van der Waals surface area contributed by atoms with Gasteiger partial charge in [0.25, 0.3) is 0 Å². The summed E-state index contributed by atoms with van der Waals surface area (Å²) < 4.78 is 0. The van der Waals surface area contributed by atoms with Crippen LogP contribution >= 0.6 is 0 Å². The third-order valence-electron chi connectivity index (χ3n) is 9.61. The quantitative estimate of drug-likeness (QED) is 0.0503. The Morgan fingerprint density at radius 3 is 1.33 bits per heavy atom. The van der Waals surface area contributed by atoms with E-state index in [0.29, 0.717) is 11.7 Å². The van der Waals surface area contributed by atoms with E-state index in [0.717, 1.165) is 32.2 Å². The zero-order valence-electron chi connectivity index (χ0n) is 31.6. The van der Waals surface area contributed by atoms with Crippen molar-refractivity contribution >= 4 is 5.78 Å². The normalized spacial score (nSPS) is 12.7. The molecule has 0 bridgehead atoms. The second-order valence-electron chi connectivity index (χ2n) is 14.6. The van der Waals surface area contributed by atoms with Crippen LogP contribution in [0.5, 0.6) is 0 Å². The molecule has 1 atom stereocenters. The predicted molar refractivity (Wildman–Crippen MR) is 204 cm³/mol. The highest BCUT2D eigenvalue weighted by atomic mass is 16.1. The van der Waals surface area contributed by atoms with E-state index in [1.807, 2.05) is 0 Å². The summed E-state index contributed by atoms with van der Waals surface area (Å²) in [6.45, 7) is 5.59. The Kier molecular flexibility index (Phi) is 36.8. The average molecular weight is 630 g/mol. The van der Waals surface area contributed by atoms with E-state index in [-0.39, 0.29) is 0 Å². The molecule has 0 heterocycles. The number of unbranched alkanes of at least 4 members (excludes halogenated alkanes) is 23. The van der Waals surface area contributed by atoms with Crippen molar-refractivity contribution in [3.63, 3.8) is 0 Å². The molecule has 45 heavy (non-hydrogen) atoms. The number of hydrogen-bond acceptors (Lipinski definition) is 2. The molecule has 0 aliphatic carbocycles. The third-order valence-corrected chi connectivity index (χ3v) is 9.61. The number of rotatable bonds is 37. The average Bonchev–Trinajstić information content (AvgIpc) is 3.02. The van der Waals surface area contributed by atoms with Gasteiger partial charge in [-0.3, -0.25) is 4.79 Å². The molecule has 266 valence electrons. The number of carbonyl (C=O) groups is 1. The Morgan fingerprint density at radius 2 is 0.889 bits per heavy atom. The maximum atomic E-state index is 12.7. The Hall–Kier alpha value is -0.890. The number of Topliss-reactive ketones (excluding diaryl/α,β-unsaturated/α-hetero) is 1. The van der Waals surface area contributed by atoms with Crippen LogP contribution < -0.4 is 0 Å². The Balaban J connectivity index is 3.93. The second-order valence-corrected chi connectivity index (χ2v) is 14.6. The molecule has 0 amide bonds. The minimum absolute atomic E-state index is 0.517. The third kappa shape index (κ3) is 37.4. The lowest BCUT2D eigenvalue weighted by Crippen LogP contribution is -2.15. The molecule has 0 aromatic rings. The zero-order valence-corrected chi connectivity index (χ0v) is 31.6. The first-order valence-electron chi connectivity index (χ1n) is 20.6. The fourth-order valence-electron chi connectivity index (χ4n) is 6.58. The van der Waals surface area contributed by atoms with E-state index in [4.69, 9.17) is 0 Å². The summed E-state index contributed by atoms with van der Waals surface area (Å²) in [5.74, 6) is 1.15. The van der Waals surface area contributed by atoms with Crippen LogP contribution in [0.15, 0.2) is 24.3 Å². The molecule has 0 fully saturated rings. The summed E-state index contributed by atoms with van der Waals surface area (Å²) in [7, 11) is 4.21. The largest absolute Gasteiger partial charge is 0.309 e. The smallest absolute Gasteiger partial charge is 0.133 e. The van der Waals surface area contributed by atoms with Crippen molar-refractivity contribution in [1.29, 1.82) is 0 Å². The highest BCUT2D eigenvalue weighted by molar-refractivity contribution is 5.78. The van der Waals surface area contributed by atoms with E-state index in [2.05, 4.69) is 57.1 Å². The molecule has 0 rings (SSSR count). The van der Waals surface area contributed by atoms with E-state index >= 15 is 0 Å². The van der Waals surface area contributed by atoms with Crippen molar-refractivity contribution in [3.8, 4) is 0 Å². The number of allylic oxidation sites excluding steroid dienone is 4. The SMILES string of the molecule is CCCC/C=C\C/C=C\CCCCCCCCC(CCCCCCCCCCCCCCCCCC)CC(=O)CCCN(C)C. The fourth-order valence-corrected chi connectivity index (χ4v) is 6.58. The van der Waals surface area contributed by atoms with Crippen LogP contribution in [0.1, 0.15) is 219 Å². The van der Waals surface area contributed by atoms with Gasteiger partial charge in [0.1, 0.15) is 5.78 Å². The van der Waals surface area contributed by atoms with Crippen molar-refractivity contribution in [2.75, 3.05) is 20.6 Å². The molecule has 0 aromatic carbocycles. The van der Waals surface area contributed by atoms with E-state index in [1.165, 1.54) is 180 Å². The number of hydrogen-bond donors (Lipinski definition) is 0. The molecule has 2 nitrogen and oxygen atoms in total. The molecule has 0 aliphatic rings. The van der Waals surface area contributed by atoms with Crippen molar-refractivity contribution in [1.82, 2.24) is 4.90 Å². The first-order chi connectivity index (χ1) is 22.1. The molecular weight excluding hydrogens is 546 g/mol. The van der Waals surface area contributed by atoms with Crippen LogP contribution in [-0.4, -0.2) is 31.3 Å². The minimum Gasteiger partial charge on any atom is -0.309 e. The topological polar surface area (TPSA) is 20.3 Å². The fraction of sp³-hybridized carbons (Fsp3) is 0.884. The Morgan fingerprint density at radius 1 is 0.489 bits per heavy atom. The van der Waals surface area contributed by atoms with Gasteiger partial charge in [-0.05, 0) is 58.7 Å². The maximum Gasteiger partial charge on any atom is 0.133 e. The highest BCUT2D eigenvalue weighted by Crippen LogP contribution is 2.24. The van der Waals surface area contributed by atoms with Gasteiger partial charge in [-0.1, -0.05) is 199 Å². The van der Waals surface area contributed by atoms with Gasteiger partial charge in [-0.15, -0.1) is 0 Å². The summed E-state index contributed by atoms with van der Waals surface area (Å²) in [6.07, 6.45) is 51.6. The summed E-state index contributed by atoms with van der Waals surface area (Å²) in [5.41, 5.74) is 0. The summed E-state index contributed by atoms with van der Waals surface area (Å²) in [6, 6.07) is 0. The molecule has 1 unspecified atom stereocenters. The molecule has 0 saturated heterocycles. The highest BCUT2D eigenvalue weighted by Gasteiger charge is 2.14. The Labute approximate surface area is 285 Å². The van der Waals surface area contributed by atoms with Gasteiger partial charge >= 0.3 is 0 Å². The van der Waals surface area contributed by atoms with Gasteiger partial charge in [-0.2, -0.15) is 0 Å². The van der Waals surface area contributed by atoms with Crippen LogP contribution in [0.2, 0.25) is 0 Å². The lowest BCUT2D eigenvalue weighted by atomic mass is 9.89. The molecule has 0 saturated carbocycles. The monoisotopic (exact) mass is 630 g/mol. The van der Waals surface area contributed by atoms with Crippen LogP contribution in [-0.2, 0) is 4.79 Å². The van der Waals surface area contributed by atoms with Crippen molar-refractivity contribution in [2.45, 2.75) is 219 Å². The minimum atomic E-state index is 0.517. The lowest BCUT2D eigenvalue weighted by Gasteiger charge is -2.17. The van der Waals surface area contributed by atoms with Crippen molar-refractivity contribution < 1.29 is 4.79 Å². The lowest BCUT2D eigenvalue weighted by molar-refractivity contribution is -0.120. The predicted octanol–water partition coefficient (Wildman–Crippen LogP) is 14.4. The number of nitrogens with zero attached hydrogens (tertiary/aromatic N) is 1. The first kappa shape index (κ1) is 44.1. The van der Waals surface area contributed by atoms with E-state index in [1.54, 1.807) is 0 Å². The van der Waals surface area contributed by atoms with Crippen LogP contribution in [0.4, 0.5) is 0 Å². The molecule has 0 aromatic heterocycles. The van der Waals surface area contributed by atoms with Crippen LogP contribution in [0.3, 0.4) is 0 Å². The second kappa shape index (κ2) is 37.6. The molecule has 2 heteroatoms. The van der Waals surface area contributed by atoms with Crippen molar-refractivity contribution in [2.24, 2.45) is 5.92 Å². The summed E-state index contributed by atoms with van der Waals surface area (Å²) in [4.78, 5) is 14.9. The number of carbonyl (C=O) groups excluding carboxylic acids is 1. The van der Waals surface area contributed by atoms with E-state index in [9.17, 15) is 4.79 Å². The van der Waals surface area contributed by atoms with Crippen molar-refractivity contribution in [3.05, 3.63) is 24.3 Å². The molecule has 0 spiro atoms. The van der Waals surface area contributed by atoms with Crippen LogP contribution in [0, 0.1) is 5.92 Å². The Bertz CT molecular complexity index is 636.